The maximum absolute atomic E-state index is 12.7. The Labute approximate surface area is 117 Å². The summed E-state index contributed by atoms with van der Waals surface area (Å²) in [4.78, 5) is 34.3. The maximum Gasteiger partial charge on any atom is 0.249 e. The van der Waals surface area contributed by atoms with Crippen LogP contribution < -0.4 is 5.32 Å². The third-order valence-electron chi connectivity index (χ3n) is 4.11. The average Bonchev–Trinajstić information content (AvgIpc) is 2.46. The predicted molar refractivity (Wildman–Crippen MR) is 71.4 cm³/mol. The molecule has 20 heavy (non-hydrogen) atoms. The van der Waals surface area contributed by atoms with E-state index in [0.29, 0.717) is 6.54 Å². The number of nitrogens with zero attached hydrogens (tertiary/aromatic N) is 3. The van der Waals surface area contributed by atoms with E-state index in [1.807, 2.05) is 0 Å². The van der Waals surface area contributed by atoms with Gasteiger partial charge in [-0.25, -0.2) is 9.97 Å². The van der Waals surface area contributed by atoms with Crippen molar-refractivity contribution >= 4 is 11.8 Å². The number of piperazine rings is 1. The lowest BCUT2D eigenvalue weighted by Gasteiger charge is -2.44. The highest BCUT2D eigenvalue weighted by Crippen LogP contribution is 2.32. The first-order valence-corrected chi connectivity index (χ1v) is 7.05. The second-order valence-corrected chi connectivity index (χ2v) is 5.55. The van der Waals surface area contributed by atoms with Crippen LogP contribution in [0.1, 0.15) is 37.8 Å². The minimum atomic E-state index is -0.666. The normalized spacial score (nSPS) is 21.9. The molecule has 1 saturated carbocycles. The fraction of sp³-hybridized carbons (Fsp3) is 0.571. The van der Waals surface area contributed by atoms with Crippen molar-refractivity contribution in [1.29, 1.82) is 0 Å². The van der Waals surface area contributed by atoms with Crippen molar-refractivity contribution in [1.82, 2.24) is 20.2 Å². The summed E-state index contributed by atoms with van der Waals surface area (Å²) in [6.07, 6.45) is 7.72. The fourth-order valence-electron chi connectivity index (χ4n) is 3.14. The highest BCUT2D eigenvalue weighted by Gasteiger charge is 2.46. The summed E-state index contributed by atoms with van der Waals surface area (Å²) in [5, 5.41) is 2.93. The molecule has 106 valence electrons. The van der Waals surface area contributed by atoms with Crippen LogP contribution in [0.5, 0.6) is 0 Å². The second kappa shape index (κ2) is 5.19. The first-order chi connectivity index (χ1) is 9.70. The first-order valence-electron chi connectivity index (χ1n) is 7.05. The Morgan fingerprint density at radius 3 is 2.75 bits per heavy atom. The molecule has 2 aliphatic rings. The van der Waals surface area contributed by atoms with Crippen LogP contribution in [-0.4, -0.2) is 38.8 Å². The Balaban J connectivity index is 1.80. The lowest BCUT2D eigenvalue weighted by atomic mass is 9.79. The summed E-state index contributed by atoms with van der Waals surface area (Å²) in [7, 11) is 0. The third kappa shape index (κ3) is 2.37. The molecule has 6 heteroatoms. The van der Waals surface area contributed by atoms with E-state index in [4.69, 9.17) is 0 Å². The van der Waals surface area contributed by atoms with Crippen LogP contribution >= 0.6 is 0 Å². The van der Waals surface area contributed by atoms with Crippen molar-refractivity contribution in [2.24, 2.45) is 0 Å². The molecule has 1 aliphatic carbocycles. The van der Waals surface area contributed by atoms with E-state index in [0.717, 1.165) is 37.8 Å². The number of rotatable bonds is 2. The number of hydrogen-bond acceptors (Lipinski definition) is 4. The van der Waals surface area contributed by atoms with Crippen molar-refractivity contribution in [2.75, 3.05) is 6.54 Å². The minimum absolute atomic E-state index is 0.0374. The largest absolute Gasteiger partial charge is 0.340 e. The van der Waals surface area contributed by atoms with Crippen LogP contribution in [0.2, 0.25) is 0 Å². The van der Waals surface area contributed by atoms with Crippen LogP contribution in [0, 0.1) is 0 Å². The SMILES string of the molecule is O=C1CN(Cc2ccncn2)C(=O)C2(CCCCC2)N1. The van der Waals surface area contributed by atoms with Gasteiger partial charge in [0.15, 0.2) is 0 Å². The molecule has 0 atom stereocenters. The number of nitrogens with one attached hydrogen (secondary N) is 1. The standard InChI is InChI=1S/C14H18N4O2/c19-12-9-18(8-11-4-7-15-10-16-11)13(20)14(17-12)5-2-1-3-6-14/h4,7,10H,1-3,5-6,8-9H2,(H,17,19). The van der Waals surface area contributed by atoms with Crippen LogP contribution in [0.15, 0.2) is 18.6 Å². The van der Waals surface area contributed by atoms with Gasteiger partial charge in [-0.15, -0.1) is 0 Å². The number of carbonyl (C=O) groups is 2. The summed E-state index contributed by atoms with van der Waals surface area (Å²) < 4.78 is 0. The molecule has 2 amide bonds. The third-order valence-corrected chi connectivity index (χ3v) is 4.11. The van der Waals surface area contributed by atoms with Crippen molar-refractivity contribution in [2.45, 2.75) is 44.2 Å². The van der Waals surface area contributed by atoms with Crippen LogP contribution in [-0.2, 0) is 16.1 Å². The zero-order valence-corrected chi connectivity index (χ0v) is 11.3. The van der Waals surface area contributed by atoms with Gasteiger partial charge in [-0.2, -0.15) is 0 Å². The molecule has 1 spiro atoms. The van der Waals surface area contributed by atoms with Gasteiger partial charge in [-0.3, -0.25) is 9.59 Å². The molecule has 3 rings (SSSR count). The Kier molecular flexibility index (Phi) is 3.38. The van der Waals surface area contributed by atoms with Crippen LogP contribution in [0.3, 0.4) is 0 Å². The van der Waals surface area contributed by atoms with Crippen LogP contribution in [0.25, 0.3) is 0 Å². The molecule has 6 nitrogen and oxygen atoms in total. The summed E-state index contributed by atoms with van der Waals surface area (Å²) in [5.41, 5.74) is 0.0923. The number of amides is 2. The molecule has 1 aliphatic heterocycles. The number of hydrogen-bond donors (Lipinski definition) is 1. The van der Waals surface area contributed by atoms with E-state index in [1.165, 1.54) is 6.33 Å². The van der Waals surface area contributed by atoms with Gasteiger partial charge in [-0.05, 0) is 18.9 Å². The highest BCUT2D eigenvalue weighted by atomic mass is 16.2. The van der Waals surface area contributed by atoms with Gasteiger partial charge >= 0.3 is 0 Å². The van der Waals surface area contributed by atoms with Crippen LogP contribution in [0.4, 0.5) is 0 Å². The first kappa shape index (κ1) is 13.0. The molecular weight excluding hydrogens is 256 g/mol. The van der Waals surface area contributed by atoms with E-state index in [1.54, 1.807) is 17.2 Å². The van der Waals surface area contributed by atoms with E-state index in [-0.39, 0.29) is 18.4 Å². The lowest BCUT2D eigenvalue weighted by molar-refractivity contribution is -0.152. The summed E-state index contributed by atoms with van der Waals surface area (Å²) in [6.45, 7) is 0.487. The van der Waals surface area contributed by atoms with Crippen molar-refractivity contribution < 1.29 is 9.59 Å². The summed E-state index contributed by atoms with van der Waals surface area (Å²) in [6, 6.07) is 1.77. The Morgan fingerprint density at radius 1 is 1.25 bits per heavy atom. The summed E-state index contributed by atoms with van der Waals surface area (Å²) in [5.74, 6) is -0.0315. The Morgan fingerprint density at radius 2 is 2.05 bits per heavy atom. The van der Waals surface area contributed by atoms with Gasteiger partial charge in [0.25, 0.3) is 0 Å². The maximum atomic E-state index is 12.7. The molecule has 1 aromatic heterocycles. The van der Waals surface area contributed by atoms with Gasteiger partial charge in [0, 0.05) is 6.20 Å². The van der Waals surface area contributed by atoms with Crippen molar-refractivity contribution in [3.05, 3.63) is 24.3 Å². The fourth-order valence-corrected chi connectivity index (χ4v) is 3.14. The lowest BCUT2D eigenvalue weighted by Crippen LogP contribution is -2.66. The molecule has 0 aromatic carbocycles. The molecule has 1 aromatic rings. The van der Waals surface area contributed by atoms with E-state index >= 15 is 0 Å². The molecule has 2 heterocycles. The van der Waals surface area contributed by atoms with Gasteiger partial charge in [0.05, 0.1) is 12.2 Å². The van der Waals surface area contributed by atoms with Crippen molar-refractivity contribution in [3.63, 3.8) is 0 Å². The summed E-state index contributed by atoms with van der Waals surface area (Å²) >= 11 is 0. The van der Waals surface area contributed by atoms with Gasteiger partial charge in [-0.1, -0.05) is 19.3 Å². The Bertz CT molecular complexity index is 511. The molecule has 1 saturated heterocycles. The van der Waals surface area contributed by atoms with E-state index in [2.05, 4.69) is 15.3 Å². The molecule has 2 fully saturated rings. The smallest absolute Gasteiger partial charge is 0.249 e. The molecule has 0 bridgehead atoms. The van der Waals surface area contributed by atoms with E-state index in [9.17, 15) is 9.59 Å². The topological polar surface area (TPSA) is 75.2 Å². The Hall–Kier alpha value is -1.98. The van der Waals surface area contributed by atoms with E-state index < -0.39 is 5.54 Å². The number of aromatic nitrogens is 2. The van der Waals surface area contributed by atoms with Gasteiger partial charge in [0.2, 0.25) is 11.8 Å². The van der Waals surface area contributed by atoms with Gasteiger partial charge < -0.3 is 10.2 Å². The molecule has 0 radical (unpaired) electrons. The second-order valence-electron chi connectivity index (χ2n) is 5.55. The van der Waals surface area contributed by atoms with Crippen molar-refractivity contribution in [3.8, 4) is 0 Å². The zero-order valence-electron chi connectivity index (χ0n) is 11.3. The highest BCUT2D eigenvalue weighted by molar-refractivity contribution is 5.98. The zero-order chi connectivity index (χ0) is 14.0. The minimum Gasteiger partial charge on any atom is -0.340 e. The predicted octanol–water partition coefficient (Wildman–Crippen LogP) is 0.638. The monoisotopic (exact) mass is 274 g/mol. The molecule has 1 N–H and O–H groups in total. The average molecular weight is 274 g/mol. The van der Waals surface area contributed by atoms with Gasteiger partial charge in [0.1, 0.15) is 18.4 Å². The molecule has 0 unspecified atom stereocenters. The quantitative estimate of drug-likeness (QED) is 0.858. The number of carbonyl (C=O) groups excluding carboxylic acids is 2. The molecular formula is C14H18N4O2.